The van der Waals surface area contributed by atoms with E-state index in [0.717, 1.165) is 58.4 Å². The minimum absolute atomic E-state index is 0.311. The molecule has 1 fully saturated rings. The number of anilines is 1. The van der Waals surface area contributed by atoms with Gasteiger partial charge in [0, 0.05) is 29.7 Å². The topological polar surface area (TPSA) is 45.2 Å². The first-order valence-corrected chi connectivity index (χ1v) is 12.2. The number of rotatable bonds is 7. The molecule has 1 unspecified atom stereocenters. The zero-order valence-electron chi connectivity index (χ0n) is 19.1. The van der Waals surface area contributed by atoms with Gasteiger partial charge in [-0.05, 0) is 80.2 Å². The summed E-state index contributed by atoms with van der Waals surface area (Å²) in [6, 6.07) is 10.1. The van der Waals surface area contributed by atoms with Gasteiger partial charge in [0.05, 0.1) is 26.8 Å². The molecule has 3 aromatic rings. The molecule has 2 heterocycles. The molecule has 4 rings (SSSR count). The van der Waals surface area contributed by atoms with E-state index in [4.69, 9.17) is 23.2 Å². The van der Waals surface area contributed by atoms with E-state index < -0.39 is 0 Å². The number of nitrogens with zero attached hydrogens (tertiary/aromatic N) is 2. The van der Waals surface area contributed by atoms with Crippen molar-refractivity contribution in [3.8, 4) is 11.1 Å². The fraction of sp³-hybridized carbons (Fsp3) is 0.333. The molecule has 1 aliphatic rings. The Balaban J connectivity index is 1.79. The number of carbonyl (C=O) groups excluding carboxylic acids is 1. The second-order valence-electron chi connectivity index (χ2n) is 8.81. The number of likely N-dealkylation sites (tertiary alicyclic amines) is 1. The number of nitrogens with one attached hydrogen (secondary N) is 1. The van der Waals surface area contributed by atoms with Crippen LogP contribution in [0.3, 0.4) is 0 Å². The second kappa shape index (κ2) is 10.3. The maximum Gasteiger partial charge on any atom is 0.153 e. The summed E-state index contributed by atoms with van der Waals surface area (Å²) in [5, 5.41) is 5.57. The lowest BCUT2D eigenvalue weighted by Gasteiger charge is -2.34. The molecule has 172 valence electrons. The molecule has 0 spiro atoms. The van der Waals surface area contributed by atoms with E-state index in [-0.39, 0.29) is 0 Å². The predicted octanol–water partition coefficient (Wildman–Crippen LogP) is 7.34. The van der Waals surface area contributed by atoms with Gasteiger partial charge in [0.25, 0.3) is 0 Å². The van der Waals surface area contributed by atoms with Gasteiger partial charge in [-0.3, -0.25) is 9.78 Å². The normalized spacial score (nSPS) is 16.7. The maximum atomic E-state index is 11.3. The van der Waals surface area contributed by atoms with Gasteiger partial charge in [0.1, 0.15) is 0 Å². The van der Waals surface area contributed by atoms with Gasteiger partial charge < -0.3 is 10.2 Å². The summed E-state index contributed by atoms with van der Waals surface area (Å²) in [5.74, 6) is 0. The van der Waals surface area contributed by atoms with Crippen molar-refractivity contribution in [2.75, 3.05) is 25.0 Å². The number of hydrogen-bond donors (Lipinski definition) is 1. The molecule has 0 amide bonds. The van der Waals surface area contributed by atoms with Gasteiger partial charge in [-0.2, -0.15) is 0 Å². The molecule has 1 aromatic heterocycles. The van der Waals surface area contributed by atoms with Gasteiger partial charge in [-0.25, -0.2) is 0 Å². The maximum absolute atomic E-state index is 11.3. The molecule has 0 bridgehead atoms. The average molecular weight is 482 g/mol. The number of benzene rings is 2. The molecule has 2 aromatic carbocycles. The molecule has 33 heavy (non-hydrogen) atoms. The summed E-state index contributed by atoms with van der Waals surface area (Å²) >= 11 is 12.6. The zero-order chi connectivity index (χ0) is 23.5. The summed E-state index contributed by atoms with van der Waals surface area (Å²) in [4.78, 5) is 18.5. The van der Waals surface area contributed by atoms with Crippen LogP contribution in [-0.4, -0.2) is 41.8 Å². The molecule has 0 radical (unpaired) electrons. The highest BCUT2D eigenvalue weighted by Gasteiger charge is 2.21. The highest BCUT2D eigenvalue weighted by atomic mass is 35.5. The van der Waals surface area contributed by atoms with Gasteiger partial charge in [-0.15, -0.1) is 0 Å². The van der Waals surface area contributed by atoms with Gasteiger partial charge in [0.15, 0.2) is 6.29 Å². The Bertz CT molecular complexity index is 1180. The summed E-state index contributed by atoms with van der Waals surface area (Å²) < 4.78 is 0. The Kier molecular flexibility index (Phi) is 7.38. The number of carbonyl (C=O) groups is 1. The molecule has 1 N–H and O–H groups in total. The Morgan fingerprint density at radius 3 is 2.67 bits per heavy atom. The van der Waals surface area contributed by atoms with Crippen LogP contribution in [0.4, 0.5) is 5.69 Å². The summed E-state index contributed by atoms with van der Waals surface area (Å²) in [6.45, 7) is 11.8. The second-order valence-corrected chi connectivity index (χ2v) is 9.63. The van der Waals surface area contributed by atoms with Crippen LogP contribution in [0.5, 0.6) is 0 Å². The Hall–Kier alpha value is -2.40. The lowest BCUT2D eigenvalue weighted by molar-refractivity contribution is 0.112. The number of halogens is 2. The van der Waals surface area contributed by atoms with Crippen LogP contribution in [0.1, 0.15) is 49.0 Å². The first-order valence-electron chi connectivity index (χ1n) is 11.4. The molecule has 0 saturated carbocycles. The fourth-order valence-corrected chi connectivity index (χ4v) is 5.19. The van der Waals surface area contributed by atoms with Crippen LogP contribution >= 0.6 is 23.2 Å². The first kappa shape index (κ1) is 23.7. The monoisotopic (exact) mass is 481 g/mol. The van der Waals surface area contributed by atoms with Gasteiger partial charge in [0.2, 0.25) is 0 Å². The third kappa shape index (κ3) is 5.08. The Morgan fingerprint density at radius 1 is 1.24 bits per heavy atom. The van der Waals surface area contributed by atoms with Crippen molar-refractivity contribution in [1.82, 2.24) is 9.88 Å². The minimum Gasteiger partial charge on any atom is -0.380 e. The van der Waals surface area contributed by atoms with E-state index in [1.807, 2.05) is 25.3 Å². The summed E-state index contributed by atoms with van der Waals surface area (Å²) in [5.41, 5.74) is 6.11. The van der Waals surface area contributed by atoms with Crippen molar-refractivity contribution < 1.29 is 4.79 Å². The Labute approximate surface area is 205 Å². The Morgan fingerprint density at radius 2 is 2.00 bits per heavy atom. The average Bonchev–Trinajstić information content (AvgIpc) is 2.79. The lowest BCUT2D eigenvalue weighted by Crippen LogP contribution is -2.42. The molecule has 4 nitrogen and oxygen atoms in total. The van der Waals surface area contributed by atoms with Crippen molar-refractivity contribution in [2.45, 2.75) is 39.2 Å². The van der Waals surface area contributed by atoms with Crippen LogP contribution in [-0.2, 0) is 0 Å². The van der Waals surface area contributed by atoms with Crippen LogP contribution in [0.15, 0.2) is 43.1 Å². The van der Waals surface area contributed by atoms with Crippen LogP contribution in [0.25, 0.3) is 27.6 Å². The molecule has 0 aliphatic carbocycles. The lowest BCUT2D eigenvalue weighted by atomic mass is 9.97. The van der Waals surface area contributed by atoms with E-state index in [2.05, 4.69) is 34.8 Å². The molecular formula is C27H29Cl2N3O. The molecule has 1 saturated heterocycles. The van der Waals surface area contributed by atoms with Gasteiger partial charge in [-0.1, -0.05) is 42.8 Å². The number of hydrogen-bond acceptors (Lipinski definition) is 4. The highest BCUT2D eigenvalue weighted by molar-refractivity contribution is 6.39. The van der Waals surface area contributed by atoms with Crippen molar-refractivity contribution in [2.24, 2.45) is 0 Å². The third-order valence-electron chi connectivity index (χ3n) is 6.25. The molecule has 6 heteroatoms. The number of aldehydes is 1. The van der Waals surface area contributed by atoms with Crippen LogP contribution < -0.4 is 5.32 Å². The smallest absolute Gasteiger partial charge is 0.153 e. The third-order valence-corrected chi connectivity index (χ3v) is 6.88. The SMILES string of the molecule is C=C(C)c1cnc2ccc(-c3cc(Cl)c(C=O)c(Cl)c3)cc2c1NC1CCCN(CCC)C1. The van der Waals surface area contributed by atoms with Crippen molar-refractivity contribution in [3.05, 3.63) is 64.3 Å². The van der Waals surface area contributed by atoms with E-state index in [1.165, 1.54) is 19.4 Å². The first-order chi connectivity index (χ1) is 15.9. The number of allylic oxidation sites excluding steroid dienone is 1. The van der Waals surface area contributed by atoms with Gasteiger partial charge >= 0.3 is 0 Å². The van der Waals surface area contributed by atoms with Crippen molar-refractivity contribution in [1.29, 1.82) is 0 Å². The van der Waals surface area contributed by atoms with E-state index >= 15 is 0 Å². The van der Waals surface area contributed by atoms with Crippen molar-refractivity contribution in [3.63, 3.8) is 0 Å². The van der Waals surface area contributed by atoms with Crippen LogP contribution in [0, 0.1) is 0 Å². The molecular weight excluding hydrogens is 453 g/mol. The van der Waals surface area contributed by atoms with E-state index in [9.17, 15) is 4.79 Å². The van der Waals surface area contributed by atoms with E-state index in [0.29, 0.717) is 27.9 Å². The quantitative estimate of drug-likeness (QED) is 0.358. The van der Waals surface area contributed by atoms with Crippen LogP contribution in [0.2, 0.25) is 10.0 Å². The summed E-state index contributed by atoms with van der Waals surface area (Å²) in [6.07, 6.45) is 6.09. The predicted molar refractivity (Wildman–Crippen MR) is 141 cm³/mol. The largest absolute Gasteiger partial charge is 0.380 e. The van der Waals surface area contributed by atoms with E-state index in [1.54, 1.807) is 12.1 Å². The molecule has 1 atom stereocenters. The standard InChI is InChI=1S/C27H29Cl2N3O/c1-4-9-32-10-5-6-20(15-32)31-27-21-11-18(7-8-26(21)30-14-22(27)17(2)3)19-12-24(28)23(16-33)25(29)13-19/h7-8,11-14,16,20H,2,4-6,9-10,15H2,1,3H3,(H,30,31). The summed E-state index contributed by atoms with van der Waals surface area (Å²) in [7, 11) is 0. The highest BCUT2D eigenvalue weighted by Crippen LogP contribution is 2.36. The molecule has 1 aliphatic heterocycles. The van der Waals surface area contributed by atoms with Crippen molar-refractivity contribution >= 4 is 51.7 Å². The number of piperidine rings is 1. The number of pyridine rings is 1. The number of fused-ring (bicyclic) bond motifs is 1. The zero-order valence-corrected chi connectivity index (χ0v) is 20.6. The number of aromatic nitrogens is 1. The minimum atomic E-state index is 0.311. The fourth-order valence-electron chi connectivity index (χ4n) is 4.61.